The summed E-state index contributed by atoms with van der Waals surface area (Å²) in [6, 6.07) is 5.83. The number of amides is 1. The van der Waals surface area contributed by atoms with Crippen molar-refractivity contribution in [2.45, 2.75) is 37.8 Å². The number of hydrogen-bond acceptors (Lipinski definition) is 7. The molecular formula is C23H26F2N8O2. The molecule has 1 aliphatic carbocycles. The van der Waals surface area contributed by atoms with Crippen LogP contribution in [0.5, 0.6) is 0 Å². The van der Waals surface area contributed by atoms with E-state index in [1.54, 1.807) is 32.1 Å². The minimum atomic E-state index is -1.23. The highest BCUT2D eigenvalue weighted by atomic mass is 19.1. The number of anilines is 4. The maximum atomic E-state index is 15.0. The van der Waals surface area contributed by atoms with Gasteiger partial charge < -0.3 is 20.6 Å². The van der Waals surface area contributed by atoms with E-state index in [1.165, 1.54) is 10.7 Å². The molecule has 4 rings (SSSR count). The van der Waals surface area contributed by atoms with Gasteiger partial charge in [-0.15, -0.1) is 0 Å². The van der Waals surface area contributed by atoms with Crippen molar-refractivity contribution < 1.29 is 18.7 Å². The summed E-state index contributed by atoms with van der Waals surface area (Å²) < 4.78 is 31.3. The third kappa shape index (κ3) is 4.75. The molecule has 12 heteroatoms. The number of halogens is 2. The molecule has 1 aromatic carbocycles. The number of benzene rings is 1. The highest BCUT2D eigenvalue weighted by molar-refractivity contribution is 5.94. The van der Waals surface area contributed by atoms with Gasteiger partial charge in [-0.1, -0.05) is 6.42 Å². The van der Waals surface area contributed by atoms with Gasteiger partial charge in [-0.05, 0) is 43.9 Å². The van der Waals surface area contributed by atoms with E-state index in [4.69, 9.17) is 0 Å². The van der Waals surface area contributed by atoms with Crippen LogP contribution in [0.4, 0.5) is 36.7 Å². The van der Waals surface area contributed by atoms with Crippen molar-refractivity contribution in [3.05, 3.63) is 35.4 Å². The van der Waals surface area contributed by atoms with Crippen LogP contribution in [0.25, 0.3) is 10.9 Å². The van der Waals surface area contributed by atoms with Crippen LogP contribution in [-0.4, -0.2) is 45.7 Å². The third-order valence-corrected chi connectivity index (χ3v) is 6.07. The summed E-state index contributed by atoms with van der Waals surface area (Å²) >= 11 is 0. The van der Waals surface area contributed by atoms with E-state index in [1.807, 2.05) is 6.07 Å². The Bertz CT molecular complexity index is 1330. The van der Waals surface area contributed by atoms with E-state index in [2.05, 4.69) is 26.0 Å². The molecule has 1 amide bonds. The molecule has 0 spiro atoms. The Labute approximate surface area is 200 Å². The summed E-state index contributed by atoms with van der Waals surface area (Å²) in [5.74, 6) is -0.975. The predicted molar refractivity (Wildman–Crippen MR) is 128 cm³/mol. The molecule has 0 aliphatic heterocycles. The second-order valence-electron chi connectivity index (χ2n) is 8.85. The standard InChI is InChI=1S/C23H26F2N8O2/c1-32(2)21-15-10-14(11-16(24)18(15)33(3)31-21)27-19-13(12-26)9-17(25)20(28-19)29-23(30-22(34)35)7-5-4-6-8-23/h9-11,30H,4-8H2,1-3H3,(H,34,35)(H2,27,28,29). The number of aromatic nitrogens is 3. The van der Waals surface area contributed by atoms with Crippen molar-refractivity contribution in [2.75, 3.05) is 29.6 Å². The number of aryl methyl sites for hydroxylation is 1. The van der Waals surface area contributed by atoms with Crippen LogP contribution in [0.3, 0.4) is 0 Å². The largest absolute Gasteiger partial charge is 0.465 e. The summed E-state index contributed by atoms with van der Waals surface area (Å²) in [4.78, 5) is 17.4. The first-order valence-corrected chi connectivity index (χ1v) is 11.1. The number of nitriles is 1. The summed E-state index contributed by atoms with van der Waals surface area (Å²) in [6.45, 7) is 0. The van der Waals surface area contributed by atoms with Crippen molar-refractivity contribution in [3.8, 4) is 6.07 Å². The average molecular weight is 485 g/mol. The Hall–Kier alpha value is -4.14. The van der Waals surface area contributed by atoms with Crippen molar-refractivity contribution in [1.82, 2.24) is 20.1 Å². The Kier molecular flexibility index (Phi) is 6.34. The maximum Gasteiger partial charge on any atom is 0.406 e. The number of fused-ring (bicyclic) bond motifs is 1. The Morgan fingerprint density at radius 2 is 1.89 bits per heavy atom. The number of hydrogen-bond donors (Lipinski definition) is 4. The average Bonchev–Trinajstić information content (AvgIpc) is 3.13. The third-order valence-electron chi connectivity index (χ3n) is 6.07. The van der Waals surface area contributed by atoms with Gasteiger partial charge in [0, 0.05) is 32.2 Å². The van der Waals surface area contributed by atoms with Gasteiger partial charge in [-0.2, -0.15) is 10.4 Å². The van der Waals surface area contributed by atoms with Crippen LogP contribution in [-0.2, 0) is 7.05 Å². The second kappa shape index (κ2) is 9.25. The molecule has 10 nitrogen and oxygen atoms in total. The lowest BCUT2D eigenvalue weighted by Gasteiger charge is -2.38. The number of nitrogens with zero attached hydrogens (tertiary/aromatic N) is 5. The number of carbonyl (C=O) groups is 1. The quantitative estimate of drug-likeness (QED) is 0.382. The minimum Gasteiger partial charge on any atom is -0.465 e. The van der Waals surface area contributed by atoms with Crippen LogP contribution < -0.4 is 20.9 Å². The van der Waals surface area contributed by atoms with Crippen molar-refractivity contribution >= 4 is 40.1 Å². The molecular weight excluding hydrogens is 458 g/mol. The molecule has 1 saturated carbocycles. The summed E-state index contributed by atoms with van der Waals surface area (Å²) in [6.07, 6.45) is 2.14. The van der Waals surface area contributed by atoms with Crippen LogP contribution >= 0.6 is 0 Å². The fraction of sp³-hybridized carbons (Fsp3) is 0.391. The molecule has 0 bridgehead atoms. The number of pyridine rings is 1. The maximum absolute atomic E-state index is 15.0. The fourth-order valence-corrected chi connectivity index (χ4v) is 4.51. The van der Waals surface area contributed by atoms with Gasteiger partial charge in [0.2, 0.25) is 0 Å². The van der Waals surface area contributed by atoms with Crippen molar-refractivity contribution in [1.29, 1.82) is 5.26 Å². The topological polar surface area (TPSA) is 131 Å². The molecule has 0 radical (unpaired) electrons. The lowest BCUT2D eigenvalue weighted by atomic mass is 9.89. The van der Waals surface area contributed by atoms with E-state index < -0.39 is 23.4 Å². The van der Waals surface area contributed by atoms with E-state index >= 15 is 0 Å². The first-order valence-electron chi connectivity index (χ1n) is 11.1. The zero-order valence-electron chi connectivity index (χ0n) is 19.6. The molecule has 2 aromatic heterocycles. The van der Waals surface area contributed by atoms with Crippen LogP contribution in [0.1, 0.15) is 37.7 Å². The van der Waals surface area contributed by atoms with E-state index in [9.17, 15) is 23.9 Å². The number of nitrogens with one attached hydrogen (secondary N) is 3. The van der Waals surface area contributed by atoms with Crippen LogP contribution in [0.2, 0.25) is 0 Å². The molecule has 184 valence electrons. The highest BCUT2D eigenvalue weighted by Gasteiger charge is 2.35. The van der Waals surface area contributed by atoms with Gasteiger partial charge in [-0.3, -0.25) is 10.00 Å². The van der Waals surface area contributed by atoms with Gasteiger partial charge in [0.1, 0.15) is 17.2 Å². The zero-order chi connectivity index (χ0) is 25.3. The zero-order valence-corrected chi connectivity index (χ0v) is 19.6. The number of carboxylic acid groups (broad SMARTS) is 1. The summed E-state index contributed by atoms with van der Waals surface area (Å²) in [5, 5.41) is 32.1. The number of rotatable bonds is 6. The molecule has 0 atom stereocenters. The Morgan fingerprint density at radius 3 is 2.51 bits per heavy atom. The predicted octanol–water partition coefficient (Wildman–Crippen LogP) is 4.27. The monoisotopic (exact) mass is 484 g/mol. The van der Waals surface area contributed by atoms with Crippen molar-refractivity contribution in [2.24, 2.45) is 7.05 Å². The normalized spacial score (nSPS) is 14.9. The van der Waals surface area contributed by atoms with Crippen LogP contribution in [0.15, 0.2) is 18.2 Å². The smallest absolute Gasteiger partial charge is 0.406 e. The van der Waals surface area contributed by atoms with E-state index in [-0.39, 0.29) is 17.2 Å². The molecule has 2 heterocycles. The molecule has 0 unspecified atom stereocenters. The van der Waals surface area contributed by atoms with Crippen molar-refractivity contribution in [3.63, 3.8) is 0 Å². The van der Waals surface area contributed by atoms with Gasteiger partial charge in [0.25, 0.3) is 0 Å². The van der Waals surface area contributed by atoms with Gasteiger partial charge in [-0.25, -0.2) is 18.6 Å². The van der Waals surface area contributed by atoms with Gasteiger partial charge in [0.15, 0.2) is 29.1 Å². The fourth-order valence-electron chi connectivity index (χ4n) is 4.51. The minimum absolute atomic E-state index is 0.00623. The highest BCUT2D eigenvalue weighted by Crippen LogP contribution is 2.34. The first kappa shape index (κ1) is 24.0. The second-order valence-corrected chi connectivity index (χ2v) is 8.85. The van der Waals surface area contributed by atoms with E-state index in [0.29, 0.717) is 35.2 Å². The summed E-state index contributed by atoms with van der Waals surface area (Å²) in [7, 11) is 5.23. The molecule has 4 N–H and O–H groups in total. The van der Waals surface area contributed by atoms with Gasteiger partial charge >= 0.3 is 6.09 Å². The van der Waals surface area contributed by atoms with Crippen LogP contribution in [0, 0.1) is 23.0 Å². The molecule has 1 aliphatic rings. The molecule has 35 heavy (non-hydrogen) atoms. The lowest BCUT2D eigenvalue weighted by molar-refractivity contribution is 0.170. The SMILES string of the molecule is CN(C)c1nn(C)c2c(F)cc(Nc3nc(NC4(NC(=O)O)CCCCC4)c(F)cc3C#N)cc12. The molecule has 3 aromatic rings. The summed E-state index contributed by atoms with van der Waals surface area (Å²) in [5.41, 5.74) is -0.557. The molecule has 1 fully saturated rings. The van der Waals surface area contributed by atoms with E-state index in [0.717, 1.165) is 25.3 Å². The van der Waals surface area contributed by atoms with Gasteiger partial charge in [0.05, 0.1) is 5.56 Å². The lowest BCUT2D eigenvalue weighted by Crippen LogP contribution is -2.55. The Morgan fingerprint density at radius 1 is 1.17 bits per heavy atom. The Balaban J connectivity index is 1.73. The molecule has 0 saturated heterocycles. The first-order chi connectivity index (χ1) is 16.6.